The van der Waals surface area contributed by atoms with Crippen molar-refractivity contribution in [2.45, 2.75) is 18.9 Å². The molecule has 146 valence electrons. The number of carbonyl (C=O) groups excluding carboxylic acids is 1. The second-order valence-electron chi connectivity index (χ2n) is 7.28. The number of ether oxygens (including phenoxy) is 1. The molecular weight excluding hydrogens is 352 g/mol. The first-order valence-electron chi connectivity index (χ1n) is 9.59. The molecule has 0 saturated carbocycles. The number of amides is 1. The summed E-state index contributed by atoms with van der Waals surface area (Å²) in [5.41, 5.74) is 2.52. The number of hydrogen-bond donors (Lipinski definition) is 0. The third-order valence-electron chi connectivity index (χ3n) is 4.89. The summed E-state index contributed by atoms with van der Waals surface area (Å²) >= 11 is 0. The Kier molecular flexibility index (Phi) is 6.75. The highest BCUT2D eigenvalue weighted by atomic mass is 16.5. The molecule has 0 spiro atoms. The Hall–Kier alpha value is -2.75. The maximum Gasteiger partial charge on any atom is 0.254 e. The highest BCUT2D eigenvalue weighted by molar-refractivity contribution is 5.95. The Morgan fingerprint density at radius 3 is 2.86 bits per heavy atom. The minimum absolute atomic E-state index is 0.0124. The number of rotatable bonds is 7. The summed E-state index contributed by atoms with van der Waals surface area (Å²) in [7, 11) is 4.00. The summed E-state index contributed by atoms with van der Waals surface area (Å²) in [5.74, 6) is -0.0124. The van der Waals surface area contributed by atoms with Crippen LogP contribution in [0.2, 0.25) is 0 Å². The fraction of sp³-hybridized carbons (Fsp3) is 0.409. The molecule has 6 heteroatoms. The molecule has 0 bridgehead atoms. The van der Waals surface area contributed by atoms with Gasteiger partial charge in [0.2, 0.25) is 0 Å². The highest BCUT2D eigenvalue weighted by Crippen LogP contribution is 2.24. The van der Waals surface area contributed by atoms with Crippen LogP contribution in [0.1, 0.15) is 28.9 Å². The van der Waals surface area contributed by atoms with Crippen LogP contribution < -0.4 is 0 Å². The fourth-order valence-electron chi connectivity index (χ4n) is 3.36. The molecule has 1 atom stereocenters. The van der Waals surface area contributed by atoms with E-state index in [9.17, 15) is 10.1 Å². The van der Waals surface area contributed by atoms with Crippen LogP contribution in [0.15, 0.2) is 42.6 Å². The van der Waals surface area contributed by atoms with Gasteiger partial charge in [-0.2, -0.15) is 5.26 Å². The van der Waals surface area contributed by atoms with Crippen molar-refractivity contribution in [2.24, 2.45) is 0 Å². The Labute approximate surface area is 166 Å². The molecule has 1 aliphatic heterocycles. The van der Waals surface area contributed by atoms with Crippen molar-refractivity contribution in [2.75, 3.05) is 40.3 Å². The predicted octanol–water partition coefficient (Wildman–Crippen LogP) is 2.80. The van der Waals surface area contributed by atoms with Crippen LogP contribution in [-0.2, 0) is 4.74 Å². The number of hydrogen-bond acceptors (Lipinski definition) is 5. The molecule has 1 aromatic carbocycles. The molecule has 0 radical (unpaired) electrons. The van der Waals surface area contributed by atoms with Crippen LogP contribution >= 0.6 is 0 Å². The van der Waals surface area contributed by atoms with E-state index in [0.717, 1.165) is 37.1 Å². The van der Waals surface area contributed by atoms with E-state index >= 15 is 0 Å². The van der Waals surface area contributed by atoms with E-state index in [0.29, 0.717) is 24.3 Å². The van der Waals surface area contributed by atoms with Gasteiger partial charge in [0.05, 0.1) is 6.10 Å². The zero-order valence-electron chi connectivity index (χ0n) is 16.5. The number of nitrogens with zero attached hydrogens (tertiary/aromatic N) is 4. The Morgan fingerprint density at radius 1 is 1.29 bits per heavy atom. The monoisotopic (exact) mass is 378 g/mol. The lowest BCUT2D eigenvalue weighted by atomic mass is 10.0. The Morgan fingerprint density at radius 2 is 2.14 bits per heavy atom. The summed E-state index contributed by atoms with van der Waals surface area (Å²) in [4.78, 5) is 21.3. The quantitative estimate of drug-likeness (QED) is 0.741. The van der Waals surface area contributed by atoms with Crippen molar-refractivity contribution in [3.63, 3.8) is 0 Å². The van der Waals surface area contributed by atoms with E-state index < -0.39 is 0 Å². The van der Waals surface area contributed by atoms with Crippen LogP contribution in [0, 0.1) is 11.3 Å². The summed E-state index contributed by atoms with van der Waals surface area (Å²) in [6.07, 6.45) is 3.75. The Bertz CT molecular complexity index is 854. The van der Waals surface area contributed by atoms with E-state index in [-0.39, 0.29) is 12.0 Å². The number of likely N-dealkylation sites (N-methyl/N-ethyl adjacent to an activating group) is 1. The molecule has 1 aliphatic rings. The minimum Gasteiger partial charge on any atom is -0.376 e. The molecule has 6 nitrogen and oxygen atoms in total. The van der Waals surface area contributed by atoms with Crippen molar-refractivity contribution in [3.05, 3.63) is 53.9 Å². The number of pyridine rings is 1. The minimum atomic E-state index is -0.0124. The van der Waals surface area contributed by atoms with Gasteiger partial charge < -0.3 is 14.5 Å². The first-order chi connectivity index (χ1) is 13.6. The number of benzene rings is 1. The lowest BCUT2D eigenvalue weighted by Gasteiger charge is -2.27. The second-order valence-corrected chi connectivity index (χ2v) is 7.28. The average molecular weight is 378 g/mol. The van der Waals surface area contributed by atoms with Crippen molar-refractivity contribution >= 4 is 5.91 Å². The van der Waals surface area contributed by atoms with Gasteiger partial charge in [-0.1, -0.05) is 12.1 Å². The number of nitriles is 1. The van der Waals surface area contributed by atoms with Crippen molar-refractivity contribution in [3.8, 4) is 17.2 Å². The van der Waals surface area contributed by atoms with E-state index in [2.05, 4.69) is 16.0 Å². The van der Waals surface area contributed by atoms with E-state index in [4.69, 9.17) is 4.74 Å². The van der Waals surface area contributed by atoms with Gasteiger partial charge in [-0.05, 0) is 56.8 Å². The van der Waals surface area contributed by atoms with E-state index in [1.807, 2.05) is 49.3 Å². The zero-order valence-corrected chi connectivity index (χ0v) is 16.5. The number of aromatic nitrogens is 1. The average Bonchev–Trinajstić information content (AvgIpc) is 3.23. The lowest BCUT2D eigenvalue weighted by molar-refractivity contribution is 0.0512. The topological polar surface area (TPSA) is 69.5 Å². The molecule has 1 amide bonds. The van der Waals surface area contributed by atoms with Gasteiger partial charge in [0, 0.05) is 43.6 Å². The zero-order chi connectivity index (χ0) is 19.9. The summed E-state index contributed by atoms with van der Waals surface area (Å²) < 4.78 is 5.75. The van der Waals surface area contributed by atoms with Crippen LogP contribution in [-0.4, -0.2) is 67.1 Å². The van der Waals surface area contributed by atoms with Crippen LogP contribution in [0.4, 0.5) is 0 Å². The highest BCUT2D eigenvalue weighted by Gasteiger charge is 2.23. The molecule has 2 heterocycles. The SMILES string of the molecule is CN(C)CCN(CC1CCCO1)C(=O)c1cccc(-c2cccnc2C#N)c1. The van der Waals surface area contributed by atoms with Gasteiger partial charge >= 0.3 is 0 Å². The predicted molar refractivity (Wildman–Crippen MR) is 108 cm³/mol. The van der Waals surface area contributed by atoms with Crippen LogP contribution in [0.25, 0.3) is 11.1 Å². The molecule has 0 N–H and O–H groups in total. The molecule has 28 heavy (non-hydrogen) atoms. The van der Waals surface area contributed by atoms with Crippen molar-refractivity contribution < 1.29 is 9.53 Å². The summed E-state index contributed by atoms with van der Waals surface area (Å²) in [6, 6.07) is 13.2. The standard InChI is InChI=1S/C22H26N4O2/c1-25(2)11-12-26(16-19-8-5-13-28-19)22(27)18-7-3-6-17(14-18)20-9-4-10-24-21(20)15-23/h3-4,6-7,9-10,14,19H,5,8,11-13,16H2,1-2H3. The molecule has 1 aromatic heterocycles. The smallest absolute Gasteiger partial charge is 0.254 e. The van der Waals surface area contributed by atoms with Crippen molar-refractivity contribution in [1.82, 2.24) is 14.8 Å². The fourth-order valence-corrected chi connectivity index (χ4v) is 3.36. The lowest BCUT2D eigenvalue weighted by Crippen LogP contribution is -2.41. The van der Waals surface area contributed by atoms with Gasteiger partial charge in [0.1, 0.15) is 11.8 Å². The third-order valence-corrected chi connectivity index (χ3v) is 4.89. The van der Waals surface area contributed by atoms with Gasteiger partial charge in [0.15, 0.2) is 0 Å². The third kappa shape index (κ3) is 4.94. The van der Waals surface area contributed by atoms with Gasteiger partial charge in [0.25, 0.3) is 5.91 Å². The van der Waals surface area contributed by atoms with Crippen LogP contribution in [0.3, 0.4) is 0 Å². The molecule has 2 aromatic rings. The van der Waals surface area contributed by atoms with Gasteiger partial charge in [-0.3, -0.25) is 4.79 Å². The molecule has 3 rings (SSSR count). The van der Waals surface area contributed by atoms with Crippen LogP contribution in [0.5, 0.6) is 0 Å². The maximum absolute atomic E-state index is 13.3. The van der Waals surface area contributed by atoms with Gasteiger partial charge in [-0.25, -0.2) is 4.98 Å². The van der Waals surface area contributed by atoms with E-state index in [1.165, 1.54) is 0 Å². The maximum atomic E-state index is 13.3. The molecule has 0 aliphatic carbocycles. The number of carbonyl (C=O) groups is 1. The largest absolute Gasteiger partial charge is 0.376 e. The molecule has 1 fully saturated rings. The second kappa shape index (κ2) is 9.45. The molecular formula is C22H26N4O2. The summed E-state index contributed by atoms with van der Waals surface area (Å²) in [6.45, 7) is 2.81. The Balaban J connectivity index is 1.84. The first kappa shape index (κ1) is 20.0. The first-order valence-corrected chi connectivity index (χ1v) is 9.59. The van der Waals surface area contributed by atoms with Gasteiger partial charge in [-0.15, -0.1) is 0 Å². The normalized spacial score (nSPS) is 16.1. The molecule has 1 saturated heterocycles. The molecule has 1 unspecified atom stereocenters. The van der Waals surface area contributed by atoms with Crippen molar-refractivity contribution in [1.29, 1.82) is 5.26 Å². The van der Waals surface area contributed by atoms with E-state index in [1.54, 1.807) is 12.3 Å². The summed E-state index contributed by atoms with van der Waals surface area (Å²) in [5, 5.41) is 9.32.